The van der Waals surface area contributed by atoms with Crippen LogP contribution in [0.4, 0.5) is 18.0 Å². The third-order valence-electron chi connectivity index (χ3n) is 4.43. The summed E-state index contributed by atoms with van der Waals surface area (Å²) in [6.07, 6.45) is -6.54. The number of nitrogens with zero attached hydrogens (tertiary/aromatic N) is 3. The monoisotopic (exact) mass is 442 g/mol. The SMILES string of the molecule is CNC(=O)c1csc2c(C(F)(F)F)cc(O[C@@H]3CCN(C(=O)OC(C)C#N)C3)nc12. The summed E-state index contributed by atoms with van der Waals surface area (Å²) in [5.41, 5.74) is -1.02. The predicted octanol–water partition coefficient (Wildman–Crippen LogP) is 3.18. The minimum absolute atomic E-state index is 0.0237. The number of hydrogen-bond donors (Lipinski definition) is 1. The summed E-state index contributed by atoms with van der Waals surface area (Å²) < 4.78 is 51.0. The van der Waals surface area contributed by atoms with Crippen LogP contribution in [-0.2, 0) is 10.9 Å². The van der Waals surface area contributed by atoms with Crippen molar-refractivity contribution < 1.29 is 32.2 Å². The van der Waals surface area contributed by atoms with E-state index in [1.54, 1.807) is 6.07 Å². The minimum atomic E-state index is -4.66. The number of nitrogens with one attached hydrogen (secondary N) is 1. The van der Waals surface area contributed by atoms with Crippen LogP contribution in [-0.4, -0.2) is 54.2 Å². The molecule has 0 spiro atoms. The van der Waals surface area contributed by atoms with Gasteiger partial charge in [0.05, 0.1) is 27.9 Å². The van der Waals surface area contributed by atoms with Crippen LogP contribution in [0.3, 0.4) is 0 Å². The molecule has 30 heavy (non-hydrogen) atoms. The van der Waals surface area contributed by atoms with E-state index in [0.717, 1.165) is 17.4 Å². The van der Waals surface area contributed by atoms with Crippen molar-refractivity contribution in [1.29, 1.82) is 5.26 Å². The molecular weight excluding hydrogens is 425 g/mol. The van der Waals surface area contributed by atoms with Crippen LogP contribution < -0.4 is 10.1 Å². The van der Waals surface area contributed by atoms with Crippen molar-refractivity contribution in [3.8, 4) is 11.9 Å². The quantitative estimate of drug-likeness (QED) is 0.780. The number of nitriles is 1. The number of ether oxygens (including phenoxy) is 2. The first-order valence-electron chi connectivity index (χ1n) is 8.87. The Morgan fingerprint density at radius 1 is 1.47 bits per heavy atom. The van der Waals surface area contributed by atoms with Gasteiger partial charge in [-0.25, -0.2) is 9.78 Å². The lowest BCUT2D eigenvalue weighted by Gasteiger charge is -2.18. The number of rotatable bonds is 4. The molecule has 160 valence electrons. The second kappa shape index (κ2) is 8.35. The number of likely N-dealkylation sites (tertiary alicyclic amines) is 1. The zero-order valence-corrected chi connectivity index (χ0v) is 16.8. The normalized spacial score (nSPS) is 17.5. The largest absolute Gasteiger partial charge is 0.472 e. The summed E-state index contributed by atoms with van der Waals surface area (Å²) in [6, 6.07) is 2.57. The fourth-order valence-electron chi connectivity index (χ4n) is 2.97. The summed E-state index contributed by atoms with van der Waals surface area (Å²) >= 11 is 0.780. The third kappa shape index (κ3) is 4.40. The van der Waals surface area contributed by atoms with Gasteiger partial charge < -0.3 is 19.7 Å². The van der Waals surface area contributed by atoms with Crippen LogP contribution in [0.15, 0.2) is 11.4 Å². The molecule has 0 aromatic carbocycles. The second-order valence-electron chi connectivity index (χ2n) is 6.54. The Balaban J connectivity index is 1.85. The van der Waals surface area contributed by atoms with Gasteiger partial charge in [0.2, 0.25) is 5.88 Å². The van der Waals surface area contributed by atoms with Crippen molar-refractivity contribution >= 4 is 33.6 Å². The van der Waals surface area contributed by atoms with E-state index in [4.69, 9.17) is 14.7 Å². The van der Waals surface area contributed by atoms with Crippen LogP contribution in [0.2, 0.25) is 0 Å². The fourth-order valence-corrected chi connectivity index (χ4v) is 3.99. The Hall–Kier alpha value is -3.07. The number of amides is 2. The van der Waals surface area contributed by atoms with Gasteiger partial charge in [-0.15, -0.1) is 11.3 Å². The van der Waals surface area contributed by atoms with E-state index >= 15 is 0 Å². The number of fused-ring (bicyclic) bond motifs is 1. The number of carbonyl (C=O) groups is 2. The first-order valence-corrected chi connectivity index (χ1v) is 9.75. The van der Waals surface area contributed by atoms with Crippen molar-refractivity contribution in [3.05, 3.63) is 22.6 Å². The van der Waals surface area contributed by atoms with E-state index in [1.807, 2.05) is 0 Å². The summed E-state index contributed by atoms with van der Waals surface area (Å²) in [7, 11) is 1.37. The van der Waals surface area contributed by atoms with Gasteiger partial charge >= 0.3 is 12.3 Å². The molecule has 0 aliphatic carbocycles. The molecule has 12 heteroatoms. The molecule has 2 amide bonds. The van der Waals surface area contributed by atoms with Gasteiger partial charge in [0.1, 0.15) is 12.2 Å². The summed E-state index contributed by atoms with van der Waals surface area (Å²) in [5, 5.41) is 12.4. The summed E-state index contributed by atoms with van der Waals surface area (Å²) in [6.45, 7) is 1.76. The Labute approximate surface area is 173 Å². The first-order chi connectivity index (χ1) is 14.1. The molecule has 1 saturated heterocycles. The number of thiophene rings is 1. The van der Waals surface area contributed by atoms with E-state index < -0.39 is 35.9 Å². The Bertz CT molecular complexity index is 1020. The number of pyridine rings is 1. The smallest absolute Gasteiger partial charge is 0.418 e. The molecule has 3 rings (SSSR count). The lowest BCUT2D eigenvalue weighted by atomic mass is 10.2. The fraction of sp³-hybridized carbons (Fsp3) is 0.444. The van der Waals surface area contributed by atoms with Gasteiger partial charge in [-0.05, 0) is 6.92 Å². The van der Waals surface area contributed by atoms with Crippen LogP contribution in [0, 0.1) is 11.3 Å². The van der Waals surface area contributed by atoms with Crippen molar-refractivity contribution in [2.24, 2.45) is 0 Å². The molecule has 1 aliphatic rings. The molecule has 0 radical (unpaired) electrons. The van der Waals surface area contributed by atoms with Crippen LogP contribution in [0.1, 0.15) is 29.3 Å². The molecule has 1 aliphatic heterocycles. The van der Waals surface area contributed by atoms with Crippen LogP contribution in [0.25, 0.3) is 10.2 Å². The molecule has 0 saturated carbocycles. The van der Waals surface area contributed by atoms with E-state index in [0.29, 0.717) is 6.42 Å². The Kier molecular flexibility index (Phi) is 6.02. The van der Waals surface area contributed by atoms with Crippen LogP contribution in [0.5, 0.6) is 5.88 Å². The lowest BCUT2D eigenvalue weighted by molar-refractivity contribution is -0.136. The van der Waals surface area contributed by atoms with E-state index in [1.165, 1.54) is 24.3 Å². The molecule has 1 unspecified atom stereocenters. The van der Waals surface area contributed by atoms with Crippen molar-refractivity contribution in [2.45, 2.75) is 31.7 Å². The summed E-state index contributed by atoms with van der Waals surface area (Å²) in [5.74, 6) is -0.843. The van der Waals surface area contributed by atoms with E-state index in [9.17, 15) is 22.8 Å². The zero-order valence-electron chi connectivity index (χ0n) is 15.9. The highest BCUT2D eigenvalue weighted by molar-refractivity contribution is 7.17. The molecule has 2 aromatic heterocycles. The Morgan fingerprint density at radius 3 is 2.83 bits per heavy atom. The average molecular weight is 442 g/mol. The predicted molar refractivity (Wildman–Crippen MR) is 100 cm³/mol. The Morgan fingerprint density at radius 2 is 2.20 bits per heavy atom. The lowest BCUT2D eigenvalue weighted by Crippen LogP contribution is -2.33. The summed E-state index contributed by atoms with van der Waals surface area (Å²) in [4.78, 5) is 29.4. The number of hydrogen-bond acceptors (Lipinski definition) is 7. The third-order valence-corrected chi connectivity index (χ3v) is 5.43. The molecule has 8 nitrogen and oxygen atoms in total. The van der Waals surface area contributed by atoms with Gasteiger partial charge in [-0.3, -0.25) is 4.79 Å². The van der Waals surface area contributed by atoms with Gasteiger partial charge in [-0.2, -0.15) is 18.4 Å². The van der Waals surface area contributed by atoms with E-state index in [2.05, 4.69) is 10.3 Å². The number of alkyl halides is 3. The maximum absolute atomic E-state index is 13.6. The molecule has 1 N–H and O–H groups in total. The van der Waals surface area contributed by atoms with E-state index in [-0.39, 0.29) is 34.7 Å². The van der Waals surface area contributed by atoms with Crippen molar-refractivity contribution in [2.75, 3.05) is 20.1 Å². The average Bonchev–Trinajstić information content (AvgIpc) is 3.33. The topological polar surface area (TPSA) is 105 Å². The van der Waals surface area contributed by atoms with Gasteiger partial charge in [-0.1, -0.05) is 0 Å². The van der Waals surface area contributed by atoms with Gasteiger partial charge in [0, 0.05) is 31.5 Å². The first kappa shape index (κ1) is 21.6. The number of halogens is 3. The second-order valence-corrected chi connectivity index (χ2v) is 7.42. The van der Waals surface area contributed by atoms with Crippen molar-refractivity contribution in [1.82, 2.24) is 15.2 Å². The highest BCUT2D eigenvalue weighted by Gasteiger charge is 2.36. The van der Waals surface area contributed by atoms with Crippen molar-refractivity contribution in [3.63, 3.8) is 0 Å². The molecule has 2 aromatic rings. The number of carbonyl (C=O) groups excluding carboxylic acids is 2. The van der Waals surface area contributed by atoms with Gasteiger partial charge in [0.25, 0.3) is 5.91 Å². The minimum Gasteiger partial charge on any atom is -0.472 e. The maximum Gasteiger partial charge on any atom is 0.418 e. The molecule has 0 bridgehead atoms. The molecule has 2 atom stereocenters. The highest BCUT2D eigenvalue weighted by atomic mass is 32.1. The molecular formula is C18H17F3N4O4S. The maximum atomic E-state index is 13.6. The van der Waals surface area contributed by atoms with Crippen LogP contribution >= 0.6 is 11.3 Å². The molecule has 1 fully saturated rings. The standard InChI is InChI=1S/C18H17F3N4O4S/c1-9(6-22)28-17(27)25-4-3-10(7-25)29-13-5-12(18(19,20)21)15-14(24-13)11(8-30-15)16(26)23-2/h5,8-10H,3-4,7H2,1-2H3,(H,23,26)/t9?,10-/m1/s1. The van der Waals surface area contributed by atoms with Gasteiger partial charge in [0.15, 0.2) is 6.10 Å². The number of aromatic nitrogens is 1. The zero-order chi connectivity index (χ0) is 22.1. The molecule has 3 heterocycles. The highest BCUT2D eigenvalue weighted by Crippen LogP contribution is 2.40.